The summed E-state index contributed by atoms with van der Waals surface area (Å²) in [6.07, 6.45) is -0.0404. The summed E-state index contributed by atoms with van der Waals surface area (Å²) < 4.78 is 5.75. The lowest BCUT2D eigenvalue weighted by atomic mass is 10.0. The number of benzene rings is 2. The van der Waals surface area contributed by atoms with Crippen molar-refractivity contribution in [3.05, 3.63) is 69.7 Å². The Morgan fingerprint density at radius 2 is 1.90 bits per heavy atom. The normalized spacial score (nSPS) is 17.5. The van der Waals surface area contributed by atoms with E-state index in [-0.39, 0.29) is 18.3 Å². The Bertz CT molecular complexity index is 884. The topological polar surface area (TPSA) is 54.3 Å². The number of ether oxygens (including phenoxy) is 1. The molecule has 0 amide bonds. The molecule has 0 saturated heterocycles. The first-order valence-corrected chi connectivity index (χ1v) is 11.2. The van der Waals surface area contributed by atoms with E-state index in [1.165, 1.54) is 5.56 Å². The molecule has 1 N–H and O–H groups in total. The maximum Gasteiger partial charge on any atom is 0.145 e. The third-order valence-corrected chi connectivity index (χ3v) is 5.61. The van der Waals surface area contributed by atoms with E-state index in [9.17, 15) is 5.11 Å². The van der Waals surface area contributed by atoms with Gasteiger partial charge in [0, 0.05) is 31.6 Å². The fourth-order valence-corrected chi connectivity index (χ4v) is 3.70. The molecule has 3 rings (SSSR count). The van der Waals surface area contributed by atoms with Crippen LogP contribution < -0.4 is 0 Å². The second-order valence-electron chi connectivity index (χ2n) is 8.86. The van der Waals surface area contributed by atoms with Crippen molar-refractivity contribution in [3.63, 3.8) is 0 Å². The first-order chi connectivity index (χ1) is 14.7. The van der Waals surface area contributed by atoms with Crippen LogP contribution in [0.15, 0.2) is 53.7 Å². The van der Waals surface area contributed by atoms with Gasteiger partial charge in [-0.3, -0.25) is 4.90 Å². The van der Waals surface area contributed by atoms with Gasteiger partial charge in [-0.2, -0.15) is 0 Å². The third kappa shape index (κ3) is 7.78. The van der Waals surface area contributed by atoms with E-state index in [0.717, 1.165) is 11.3 Å². The van der Waals surface area contributed by atoms with Gasteiger partial charge in [0.05, 0.1) is 34.1 Å². The van der Waals surface area contributed by atoms with E-state index in [1.54, 1.807) is 6.07 Å². The molecule has 1 aliphatic heterocycles. The molecule has 0 aromatic heterocycles. The molecular weight excluding hydrogens is 435 g/mol. The Kier molecular flexibility index (Phi) is 8.36. The maximum atomic E-state index is 10.6. The summed E-state index contributed by atoms with van der Waals surface area (Å²) in [6.45, 7) is 8.05. The molecule has 2 aromatic carbocycles. The van der Waals surface area contributed by atoms with Gasteiger partial charge >= 0.3 is 0 Å². The third-order valence-electron chi connectivity index (χ3n) is 4.87. The predicted molar refractivity (Wildman–Crippen MR) is 126 cm³/mol. The average molecular weight is 465 g/mol. The summed E-state index contributed by atoms with van der Waals surface area (Å²) in [6, 6.07) is 15.7. The van der Waals surface area contributed by atoms with Crippen LogP contribution in [0.2, 0.25) is 10.0 Å². The highest BCUT2D eigenvalue weighted by molar-refractivity contribution is 6.42. The van der Waals surface area contributed by atoms with Gasteiger partial charge in [0.2, 0.25) is 0 Å². The highest BCUT2D eigenvalue weighted by Gasteiger charge is 2.26. The van der Waals surface area contributed by atoms with Crippen molar-refractivity contribution < 1.29 is 14.7 Å². The first-order valence-electron chi connectivity index (χ1n) is 10.5. The minimum atomic E-state index is -0.597. The molecule has 0 spiro atoms. The van der Waals surface area contributed by atoms with Crippen molar-refractivity contribution >= 4 is 28.9 Å². The molecule has 0 aliphatic carbocycles. The zero-order valence-electron chi connectivity index (χ0n) is 18.2. The van der Waals surface area contributed by atoms with Crippen LogP contribution in [0.25, 0.3) is 0 Å². The number of hydrogen-bond acceptors (Lipinski definition) is 5. The standard InChI is InChI=1S/C24H30Cl2N2O3/c1-24(2,3)30-16-19(29)14-28(13-17-7-5-4-6-8-17)15-20-12-23(27-31-20)18-9-10-21(25)22(26)11-18/h4-11,19-20,29H,12-16H2,1-3H3/t19-,20-/m0/s1. The molecule has 0 unspecified atom stereocenters. The van der Waals surface area contributed by atoms with Crippen LogP contribution in [-0.4, -0.2) is 53.2 Å². The van der Waals surface area contributed by atoms with Crippen molar-refractivity contribution in [3.8, 4) is 0 Å². The molecule has 2 aromatic rings. The average Bonchev–Trinajstić information content (AvgIpc) is 3.17. The van der Waals surface area contributed by atoms with Gasteiger partial charge in [-0.25, -0.2) is 0 Å². The summed E-state index contributed by atoms with van der Waals surface area (Å²) in [5.74, 6) is 0. The number of aliphatic hydroxyl groups excluding tert-OH is 1. The number of nitrogens with zero attached hydrogens (tertiary/aromatic N) is 2. The number of aliphatic hydroxyl groups is 1. The summed E-state index contributed by atoms with van der Waals surface area (Å²) in [5, 5.41) is 15.8. The van der Waals surface area contributed by atoms with E-state index >= 15 is 0 Å². The molecule has 5 nitrogen and oxygen atoms in total. The van der Waals surface area contributed by atoms with Crippen molar-refractivity contribution in [2.24, 2.45) is 5.16 Å². The van der Waals surface area contributed by atoms with E-state index in [0.29, 0.717) is 36.1 Å². The van der Waals surface area contributed by atoms with Crippen LogP contribution in [0.3, 0.4) is 0 Å². The molecule has 1 aliphatic rings. The Labute approximate surface area is 194 Å². The zero-order valence-corrected chi connectivity index (χ0v) is 19.7. The van der Waals surface area contributed by atoms with Crippen molar-refractivity contribution in [2.45, 2.75) is 51.5 Å². The van der Waals surface area contributed by atoms with Crippen molar-refractivity contribution in [2.75, 3.05) is 19.7 Å². The SMILES string of the molecule is CC(C)(C)OC[C@@H](O)CN(Cc1ccccc1)C[C@@H]1CC(c2ccc(Cl)c(Cl)c2)=NO1. The number of hydrogen-bond donors (Lipinski definition) is 1. The Morgan fingerprint density at radius 1 is 1.16 bits per heavy atom. The molecule has 168 valence electrons. The highest BCUT2D eigenvalue weighted by atomic mass is 35.5. The Morgan fingerprint density at radius 3 is 2.58 bits per heavy atom. The molecule has 1 heterocycles. The second kappa shape index (κ2) is 10.8. The van der Waals surface area contributed by atoms with E-state index < -0.39 is 6.10 Å². The van der Waals surface area contributed by atoms with E-state index in [2.05, 4.69) is 22.2 Å². The molecule has 0 saturated carbocycles. The van der Waals surface area contributed by atoms with Gasteiger partial charge in [-0.05, 0) is 38.5 Å². The van der Waals surface area contributed by atoms with Gasteiger partial charge < -0.3 is 14.7 Å². The minimum absolute atomic E-state index is 0.107. The lowest BCUT2D eigenvalue weighted by Gasteiger charge is -2.28. The van der Waals surface area contributed by atoms with E-state index in [4.69, 9.17) is 32.8 Å². The molecule has 7 heteroatoms. The molecule has 0 radical (unpaired) electrons. The minimum Gasteiger partial charge on any atom is -0.390 e. The summed E-state index contributed by atoms with van der Waals surface area (Å²) in [4.78, 5) is 7.90. The van der Waals surface area contributed by atoms with Crippen LogP contribution in [0.4, 0.5) is 0 Å². The van der Waals surface area contributed by atoms with Crippen LogP contribution in [-0.2, 0) is 16.1 Å². The summed E-state index contributed by atoms with van der Waals surface area (Å²) >= 11 is 12.2. The molecule has 0 bridgehead atoms. The summed E-state index contributed by atoms with van der Waals surface area (Å²) in [7, 11) is 0. The maximum absolute atomic E-state index is 10.6. The second-order valence-corrected chi connectivity index (χ2v) is 9.67. The Hall–Kier alpha value is -1.63. The van der Waals surface area contributed by atoms with E-state index in [1.807, 2.05) is 51.1 Å². The lowest BCUT2D eigenvalue weighted by molar-refractivity contribution is -0.0600. The van der Waals surface area contributed by atoms with Gasteiger partial charge in [-0.15, -0.1) is 0 Å². The highest BCUT2D eigenvalue weighted by Crippen LogP contribution is 2.26. The zero-order chi connectivity index (χ0) is 22.4. The molecular formula is C24H30Cl2N2O3. The van der Waals surface area contributed by atoms with Crippen molar-refractivity contribution in [1.82, 2.24) is 4.90 Å². The first kappa shape index (κ1) is 24.0. The monoisotopic (exact) mass is 464 g/mol. The fraction of sp³-hybridized carbons (Fsp3) is 0.458. The number of oxime groups is 1. The van der Waals surface area contributed by atoms with Gasteiger partial charge in [0.1, 0.15) is 6.10 Å². The Balaban J connectivity index is 1.62. The predicted octanol–water partition coefficient (Wildman–Crippen LogP) is 5.16. The van der Waals surface area contributed by atoms with Gasteiger partial charge in [-0.1, -0.05) is 64.8 Å². The van der Waals surface area contributed by atoms with Gasteiger partial charge in [0.15, 0.2) is 0 Å². The number of halogens is 2. The fourth-order valence-electron chi connectivity index (χ4n) is 3.40. The lowest BCUT2D eigenvalue weighted by Crippen LogP contribution is -2.40. The van der Waals surface area contributed by atoms with Crippen LogP contribution >= 0.6 is 23.2 Å². The quantitative estimate of drug-likeness (QED) is 0.556. The van der Waals surface area contributed by atoms with Crippen LogP contribution in [0.1, 0.15) is 38.3 Å². The van der Waals surface area contributed by atoms with Gasteiger partial charge in [0.25, 0.3) is 0 Å². The molecule has 2 atom stereocenters. The smallest absolute Gasteiger partial charge is 0.145 e. The van der Waals surface area contributed by atoms with Crippen LogP contribution in [0, 0.1) is 0 Å². The molecule has 0 fully saturated rings. The number of rotatable bonds is 9. The molecule has 31 heavy (non-hydrogen) atoms. The van der Waals surface area contributed by atoms with Crippen molar-refractivity contribution in [1.29, 1.82) is 0 Å². The van der Waals surface area contributed by atoms with Crippen LogP contribution in [0.5, 0.6) is 0 Å². The summed E-state index contributed by atoms with van der Waals surface area (Å²) in [5.41, 5.74) is 2.64. The largest absolute Gasteiger partial charge is 0.390 e.